The molecule has 0 amide bonds. The van der Waals surface area contributed by atoms with E-state index in [1.54, 1.807) is 0 Å². The lowest BCUT2D eigenvalue weighted by atomic mass is 9.94. The molecule has 0 unspecified atom stereocenters. The van der Waals surface area contributed by atoms with Crippen LogP contribution in [0.4, 0.5) is 5.69 Å². The summed E-state index contributed by atoms with van der Waals surface area (Å²) in [6.45, 7) is 0. The molecule has 1 heterocycles. The van der Waals surface area contributed by atoms with Crippen LogP contribution in [0.25, 0.3) is 11.0 Å². The monoisotopic (exact) mass is 265 g/mol. The molecule has 3 N–H and O–H groups in total. The Bertz CT molecular complexity index is 660. The molecule has 0 aliphatic heterocycles. The first-order chi connectivity index (χ1) is 8.59. The Kier molecular flexibility index (Phi) is 2.48. The van der Waals surface area contributed by atoms with Crippen molar-refractivity contribution < 1.29 is 14.3 Å². The molecule has 0 bridgehead atoms. The van der Waals surface area contributed by atoms with Crippen molar-refractivity contribution in [3.63, 3.8) is 0 Å². The number of fused-ring (bicyclic) bond motifs is 3. The molecule has 18 heavy (non-hydrogen) atoms. The third kappa shape index (κ3) is 1.49. The second-order valence-corrected chi connectivity index (χ2v) is 4.95. The maximum absolute atomic E-state index is 11.2. The highest BCUT2D eigenvalue weighted by molar-refractivity contribution is 6.35. The zero-order chi connectivity index (χ0) is 12.9. The van der Waals surface area contributed by atoms with Gasteiger partial charge in [-0.05, 0) is 25.3 Å². The number of halogens is 1. The van der Waals surface area contributed by atoms with E-state index in [2.05, 4.69) is 0 Å². The van der Waals surface area contributed by atoms with Crippen molar-refractivity contribution in [3.8, 4) is 0 Å². The summed E-state index contributed by atoms with van der Waals surface area (Å²) in [5.74, 6) is -0.194. The predicted molar refractivity (Wildman–Crippen MR) is 69.2 cm³/mol. The van der Waals surface area contributed by atoms with Crippen LogP contribution in [0.2, 0.25) is 5.02 Å². The van der Waals surface area contributed by atoms with E-state index in [1.165, 1.54) is 6.07 Å². The average Bonchev–Trinajstić information content (AvgIpc) is 2.72. The van der Waals surface area contributed by atoms with E-state index >= 15 is 0 Å². The molecule has 2 aromatic rings. The minimum Gasteiger partial charge on any atom is -0.478 e. The molecule has 1 aliphatic carbocycles. The first kappa shape index (κ1) is 11.4. The van der Waals surface area contributed by atoms with Crippen molar-refractivity contribution in [3.05, 3.63) is 28.0 Å². The van der Waals surface area contributed by atoms with Gasteiger partial charge in [0.25, 0.3) is 0 Å². The SMILES string of the molecule is Nc1c(Cl)cc(C(=O)O)c2oc3c(c12)CCCC3. The largest absolute Gasteiger partial charge is 0.478 e. The van der Waals surface area contributed by atoms with Crippen molar-refractivity contribution >= 4 is 34.2 Å². The fraction of sp³-hybridized carbons (Fsp3) is 0.308. The van der Waals surface area contributed by atoms with Crippen LogP contribution in [-0.4, -0.2) is 11.1 Å². The van der Waals surface area contributed by atoms with Gasteiger partial charge in [-0.2, -0.15) is 0 Å². The third-order valence-corrected chi connectivity index (χ3v) is 3.76. The summed E-state index contributed by atoms with van der Waals surface area (Å²) in [5.41, 5.74) is 7.86. The molecule has 1 aromatic heterocycles. The topological polar surface area (TPSA) is 76.5 Å². The molecule has 4 nitrogen and oxygen atoms in total. The highest BCUT2D eigenvalue weighted by Gasteiger charge is 2.25. The van der Waals surface area contributed by atoms with E-state index in [1.807, 2.05) is 0 Å². The van der Waals surface area contributed by atoms with Crippen LogP contribution in [-0.2, 0) is 12.8 Å². The molecule has 3 rings (SSSR count). The number of nitrogens with two attached hydrogens (primary N) is 1. The molecule has 0 saturated heterocycles. The highest BCUT2D eigenvalue weighted by Crippen LogP contribution is 2.40. The summed E-state index contributed by atoms with van der Waals surface area (Å²) in [6.07, 6.45) is 3.82. The molecule has 1 aromatic carbocycles. The Labute approximate surface area is 108 Å². The van der Waals surface area contributed by atoms with Gasteiger partial charge in [-0.1, -0.05) is 11.6 Å². The molecule has 0 fully saturated rings. The normalized spacial score (nSPS) is 14.7. The second-order valence-electron chi connectivity index (χ2n) is 4.54. The van der Waals surface area contributed by atoms with Crippen LogP contribution in [0.5, 0.6) is 0 Å². The van der Waals surface area contributed by atoms with Gasteiger partial charge in [0, 0.05) is 17.4 Å². The number of benzene rings is 1. The maximum atomic E-state index is 11.2. The Morgan fingerprint density at radius 2 is 2.11 bits per heavy atom. The fourth-order valence-electron chi connectivity index (χ4n) is 2.59. The lowest BCUT2D eigenvalue weighted by Gasteiger charge is -2.09. The van der Waals surface area contributed by atoms with Crippen molar-refractivity contribution in [1.29, 1.82) is 0 Å². The molecule has 1 aliphatic rings. The molecular weight excluding hydrogens is 254 g/mol. The van der Waals surface area contributed by atoms with E-state index in [4.69, 9.17) is 21.8 Å². The predicted octanol–water partition coefficient (Wildman–Crippen LogP) is 3.25. The maximum Gasteiger partial charge on any atom is 0.339 e. The van der Waals surface area contributed by atoms with Gasteiger partial charge in [-0.3, -0.25) is 0 Å². The highest BCUT2D eigenvalue weighted by atomic mass is 35.5. The number of carbonyl (C=O) groups is 1. The number of nitrogen functional groups attached to an aromatic ring is 1. The van der Waals surface area contributed by atoms with Gasteiger partial charge in [-0.15, -0.1) is 0 Å². The summed E-state index contributed by atoms with van der Waals surface area (Å²) >= 11 is 6.01. The second kappa shape index (κ2) is 3.92. The van der Waals surface area contributed by atoms with E-state index in [-0.39, 0.29) is 10.6 Å². The number of anilines is 1. The van der Waals surface area contributed by atoms with Gasteiger partial charge in [0.05, 0.1) is 10.7 Å². The van der Waals surface area contributed by atoms with Crippen LogP contribution < -0.4 is 5.73 Å². The van der Waals surface area contributed by atoms with Crippen LogP contribution in [0, 0.1) is 0 Å². The van der Waals surface area contributed by atoms with E-state index < -0.39 is 5.97 Å². The summed E-state index contributed by atoms with van der Waals surface area (Å²) in [7, 11) is 0. The van der Waals surface area contributed by atoms with Crippen LogP contribution >= 0.6 is 11.6 Å². The smallest absolute Gasteiger partial charge is 0.339 e. The summed E-state index contributed by atoms with van der Waals surface area (Å²) < 4.78 is 5.70. The Morgan fingerprint density at radius 1 is 1.39 bits per heavy atom. The molecule has 0 spiro atoms. The van der Waals surface area contributed by atoms with Crippen molar-refractivity contribution in [2.75, 3.05) is 5.73 Å². The number of aryl methyl sites for hydroxylation is 2. The van der Waals surface area contributed by atoms with Gasteiger partial charge in [0.1, 0.15) is 11.3 Å². The standard InChI is InChI=1S/C13H12ClNO3/c14-8-5-7(13(16)17)12-10(11(8)15)6-3-1-2-4-9(6)18-12/h5H,1-4,15H2,(H,16,17). The minimum absolute atomic E-state index is 0.0820. The van der Waals surface area contributed by atoms with Crippen molar-refractivity contribution in [1.82, 2.24) is 0 Å². The molecule has 0 radical (unpaired) electrons. The van der Waals surface area contributed by atoms with E-state index in [9.17, 15) is 9.90 Å². The van der Waals surface area contributed by atoms with Crippen LogP contribution in [0.3, 0.4) is 0 Å². The summed E-state index contributed by atoms with van der Waals surface area (Å²) in [4.78, 5) is 11.2. The quantitative estimate of drug-likeness (QED) is 0.776. The fourth-order valence-corrected chi connectivity index (χ4v) is 2.79. The number of hydrogen-bond acceptors (Lipinski definition) is 3. The average molecular weight is 266 g/mol. The molecule has 5 heteroatoms. The van der Waals surface area contributed by atoms with Gasteiger partial charge in [-0.25, -0.2) is 4.79 Å². The minimum atomic E-state index is -1.05. The Hall–Kier alpha value is -1.68. The summed E-state index contributed by atoms with van der Waals surface area (Å²) in [6, 6.07) is 1.36. The molecule has 0 saturated carbocycles. The third-order valence-electron chi connectivity index (χ3n) is 3.44. The van der Waals surface area contributed by atoms with Gasteiger partial charge in [0.15, 0.2) is 5.58 Å². The zero-order valence-corrected chi connectivity index (χ0v) is 10.4. The number of aromatic carboxylic acids is 1. The summed E-state index contributed by atoms with van der Waals surface area (Å²) in [5, 5.41) is 10.2. The first-order valence-corrected chi connectivity index (χ1v) is 6.23. The van der Waals surface area contributed by atoms with Crippen LogP contribution in [0.1, 0.15) is 34.5 Å². The number of rotatable bonds is 1. The van der Waals surface area contributed by atoms with Crippen molar-refractivity contribution in [2.24, 2.45) is 0 Å². The Morgan fingerprint density at radius 3 is 2.83 bits per heavy atom. The lowest BCUT2D eigenvalue weighted by Crippen LogP contribution is -2.01. The molecular formula is C13H12ClNO3. The lowest BCUT2D eigenvalue weighted by molar-refractivity contribution is 0.0698. The number of hydrogen-bond donors (Lipinski definition) is 2. The first-order valence-electron chi connectivity index (χ1n) is 5.85. The van der Waals surface area contributed by atoms with Gasteiger partial charge in [0.2, 0.25) is 0 Å². The Balaban J connectivity index is 2.43. The van der Waals surface area contributed by atoms with Crippen LogP contribution in [0.15, 0.2) is 10.5 Å². The van der Waals surface area contributed by atoms with E-state index in [0.717, 1.165) is 37.0 Å². The van der Waals surface area contributed by atoms with E-state index in [0.29, 0.717) is 16.7 Å². The van der Waals surface area contributed by atoms with Gasteiger partial charge >= 0.3 is 5.97 Å². The zero-order valence-electron chi connectivity index (χ0n) is 9.62. The number of furan rings is 1. The van der Waals surface area contributed by atoms with Crippen molar-refractivity contribution in [2.45, 2.75) is 25.7 Å². The molecule has 94 valence electrons. The molecule has 0 atom stereocenters. The number of carboxylic acid groups (broad SMARTS) is 1. The number of carboxylic acids is 1. The van der Waals surface area contributed by atoms with Gasteiger partial charge < -0.3 is 15.3 Å².